The summed E-state index contributed by atoms with van der Waals surface area (Å²) >= 11 is 0. The van der Waals surface area contributed by atoms with Gasteiger partial charge in [0.1, 0.15) is 5.84 Å². The maximum atomic E-state index is 5.49. The van der Waals surface area contributed by atoms with Gasteiger partial charge in [0, 0.05) is 32.1 Å². The van der Waals surface area contributed by atoms with Crippen LogP contribution in [0.4, 0.5) is 11.4 Å². The van der Waals surface area contributed by atoms with Crippen LogP contribution in [0.2, 0.25) is 0 Å². The zero-order chi connectivity index (χ0) is 16.3. The molecule has 2 aliphatic rings. The van der Waals surface area contributed by atoms with Crippen molar-refractivity contribution in [3.8, 4) is 0 Å². The first kappa shape index (κ1) is 16.3. The van der Waals surface area contributed by atoms with Crippen molar-refractivity contribution in [2.24, 2.45) is 10.4 Å². The van der Waals surface area contributed by atoms with Crippen LogP contribution in [0.3, 0.4) is 0 Å². The highest BCUT2D eigenvalue weighted by atomic mass is 16.5. The second-order valence-electron chi connectivity index (χ2n) is 6.68. The van der Waals surface area contributed by atoms with Gasteiger partial charge in [0.2, 0.25) is 0 Å². The van der Waals surface area contributed by atoms with E-state index < -0.39 is 0 Å². The van der Waals surface area contributed by atoms with Crippen LogP contribution in [0, 0.1) is 5.41 Å². The smallest absolute Gasteiger partial charge is 0.111 e. The lowest BCUT2D eigenvalue weighted by Gasteiger charge is -2.31. The van der Waals surface area contributed by atoms with E-state index >= 15 is 0 Å². The molecule has 0 aromatic heterocycles. The Morgan fingerprint density at radius 3 is 2.48 bits per heavy atom. The third kappa shape index (κ3) is 3.09. The van der Waals surface area contributed by atoms with Gasteiger partial charge in [-0.05, 0) is 31.4 Å². The fourth-order valence-electron chi connectivity index (χ4n) is 3.87. The Morgan fingerprint density at radius 1 is 1.09 bits per heavy atom. The van der Waals surface area contributed by atoms with Crippen LogP contribution in [0.25, 0.3) is 0 Å². The number of likely N-dealkylation sites (tertiary alicyclic amines) is 1. The molecule has 2 saturated heterocycles. The number of amidine groups is 1. The summed E-state index contributed by atoms with van der Waals surface area (Å²) in [4.78, 5) is 9.92. The summed E-state index contributed by atoms with van der Waals surface area (Å²) in [5.41, 5.74) is 2.58. The molecule has 1 aromatic rings. The van der Waals surface area contributed by atoms with E-state index in [9.17, 15) is 0 Å². The highest BCUT2D eigenvalue weighted by Crippen LogP contribution is 2.41. The molecule has 0 atom stereocenters. The molecule has 126 valence electrons. The van der Waals surface area contributed by atoms with Crippen molar-refractivity contribution in [2.75, 3.05) is 44.8 Å². The third-order valence-electron chi connectivity index (χ3n) is 5.58. The Hall–Kier alpha value is -1.55. The number of ether oxygens (including phenoxy) is 1. The fraction of sp³-hybridized carbons (Fsp3) is 0.632. The summed E-state index contributed by atoms with van der Waals surface area (Å²) in [5, 5.41) is 0. The van der Waals surface area contributed by atoms with E-state index in [1.807, 2.05) is 0 Å². The van der Waals surface area contributed by atoms with E-state index in [0.717, 1.165) is 51.4 Å². The molecule has 1 aromatic carbocycles. The van der Waals surface area contributed by atoms with Crippen LogP contribution in [0.15, 0.2) is 29.3 Å². The molecule has 4 heteroatoms. The highest BCUT2D eigenvalue weighted by Gasteiger charge is 2.40. The minimum atomic E-state index is 0.243. The zero-order valence-corrected chi connectivity index (χ0v) is 14.7. The second-order valence-corrected chi connectivity index (χ2v) is 6.68. The van der Waals surface area contributed by atoms with Crippen LogP contribution >= 0.6 is 0 Å². The number of para-hydroxylation sites is 2. The maximum Gasteiger partial charge on any atom is 0.111 e. The summed E-state index contributed by atoms with van der Waals surface area (Å²) in [7, 11) is 2.18. The largest absolute Gasteiger partial charge is 0.378 e. The van der Waals surface area contributed by atoms with E-state index in [1.165, 1.54) is 17.9 Å². The lowest BCUT2D eigenvalue weighted by atomic mass is 9.80. The summed E-state index contributed by atoms with van der Waals surface area (Å²) < 4.78 is 5.49. The first-order chi connectivity index (χ1) is 11.2. The molecule has 0 saturated carbocycles. The molecule has 0 aliphatic carbocycles. The molecule has 4 nitrogen and oxygen atoms in total. The summed E-state index contributed by atoms with van der Waals surface area (Å²) in [6, 6.07) is 8.55. The Bertz CT molecular complexity index is 559. The molecule has 2 heterocycles. The van der Waals surface area contributed by atoms with Gasteiger partial charge in [-0.2, -0.15) is 0 Å². The predicted octanol–water partition coefficient (Wildman–Crippen LogP) is 3.70. The predicted molar refractivity (Wildman–Crippen MR) is 96.8 cm³/mol. The topological polar surface area (TPSA) is 28.1 Å². The molecule has 3 rings (SSSR count). The molecule has 2 aliphatic heterocycles. The molecular formula is C19H29N3O. The lowest BCUT2D eigenvalue weighted by Crippen LogP contribution is -2.36. The quantitative estimate of drug-likeness (QED) is 0.848. The SMILES string of the molecule is CCC1(CC)CCN(C)C1=Nc1ccccc1N1CCOCC1. The van der Waals surface area contributed by atoms with Gasteiger partial charge in [-0.1, -0.05) is 26.0 Å². The van der Waals surface area contributed by atoms with E-state index in [1.54, 1.807) is 0 Å². The lowest BCUT2D eigenvalue weighted by molar-refractivity contribution is 0.123. The number of morpholine rings is 1. The average molecular weight is 315 g/mol. The van der Waals surface area contributed by atoms with Gasteiger partial charge in [-0.25, -0.2) is 4.99 Å². The minimum absolute atomic E-state index is 0.243. The molecule has 0 N–H and O–H groups in total. The number of anilines is 1. The van der Waals surface area contributed by atoms with Gasteiger partial charge in [-0.15, -0.1) is 0 Å². The number of nitrogens with zero attached hydrogens (tertiary/aromatic N) is 3. The number of rotatable bonds is 4. The third-order valence-corrected chi connectivity index (χ3v) is 5.58. The summed E-state index contributed by atoms with van der Waals surface area (Å²) in [6.45, 7) is 9.21. The number of hydrogen-bond acceptors (Lipinski definition) is 3. The van der Waals surface area contributed by atoms with Crippen LogP contribution in [0.5, 0.6) is 0 Å². The molecule has 0 amide bonds. The van der Waals surface area contributed by atoms with Crippen molar-refractivity contribution in [3.05, 3.63) is 24.3 Å². The van der Waals surface area contributed by atoms with Crippen molar-refractivity contribution in [2.45, 2.75) is 33.1 Å². The molecule has 23 heavy (non-hydrogen) atoms. The van der Waals surface area contributed by atoms with Crippen molar-refractivity contribution in [3.63, 3.8) is 0 Å². The van der Waals surface area contributed by atoms with Gasteiger partial charge >= 0.3 is 0 Å². The molecule has 0 radical (unpaired) electrons. The Balaban J connectivity index is 1.98. The van der Waals surface area contributed by atoms with Crippen LogP contribution in [-0.2, 0) is 4.74 Å². The standard InChI is InChI=1S/C19H29N3O/c1-4-19(5-2)10-11-21(3)18(19)20-16-8-6-7-9-17(16)22-12-14-23-15-13-22/h6-9H,4-5,10-15H2,1-3H3. The van der Waals surface area contributed by atoms with Crippen molar-refractivity contribution >= 4 is 17.2 Å². The van der Waals surface area contributed by atoms with Gasteiger partial charge in [-0.3, -0.25) is 0 Å². The highest BCUT2D eigenvalue weighted by molar-refractivity contribution is 5.93. The van der Waals surface area contributed by atoms with Gasteiger partial charge in [0.25, 0.3) is 0 Å². The molecular weight excluding hydrogens is 286 g/mol. The number of benzene rings is 1. The molecule has 0 bridgehead atoms. The van der Waals surface area contributed by atoms with E-state index in [0.29, 0.717) is 0 Å². The maximum absolute atomic E-state index is 5.49. The van der Waals surface area contributed by atoms with E-state index in [2.05, 4.69) is 55.0 Å². The first-order valence-electron chi connectivity index (χ1n) is 8.92. The van der Waals surface area contributed by atoms with Gasteiger partial charge in [0.05, 0.1) is 24.6 Å². The zero-order valence-electron chi connectivity index (χ0n) is 14.7. The Labute approximate surface area is 140 Å². The molecule has 0 spiro atoms. The van der Waals surface area contributed by atoms with E-state index in [4.69, 9.17) is 9.73 Å². The summed E-state index contributed by atoms with van der Waals surface area (Å²) in [5.74, 6) is 1.27. The van der Waals surface area contributed by atoms with Gasteiger partial charge < -0.3 is 14.5 Å². The molecule has 0 unspecified atom stereocenters. The fourth-order valence-corrected chi connectivity index (χ4v) is 3.87. The Kier molecular flexibility index (Phi) is 4.90. The molecule has 2 fully saturated rings. The number of hydrogen-bond donors (Lipinski definition) is 0. The minimum Gasteiger partial charge on any atom is -0.378 e. The first-order valence-corrected chi connectivity index (χ1v) is 8.92. The Morgan fingerprint density at radius 2 is 1.78 bits per heavy atom. The normalized spacial score (nSPS) is 22.8. The van der Waals surface area contributed by atoms with Crippen LogP contribution < -0.4 is 4.90 Å². The average Bonchev–Trinajstić information content (AvgIpc) is 2.93. The van der Waals surface area contributed by atoms with Crippen molar-refractivity contribution < 1.29 is 4.74 Å². The number of aliphatic imine (C=N–C) groups is 1. The monoisotopic (exact) mass is 315 g/mol. The van der Waals surface area contributed by atoms with Crippen LogP contribution in [-0.4, -0.2) is 50.6 Å². The second kappa shape index (κ2) is 6.91. The van der Waals surface area contributed by atoms with E-state index in [-0.39, 0.29) is 5.41 Å². The van der Waals surface area contributed by atoms with Gasteiger partial charge in [0.15, 0.2) is 0 Å². The summed E-state index contributed by atoms with van der Waals surface area (Å²) in [6.07, 6.45) is 3.54. The van der Waals surface area contributed by atoms with Crippen LogP contribution in [0.1, 0.15) is 33.1 Å². The van der Waals surface area contributed by atoms with Crippen molar-refractivity contribution in [1.29, 1.82) is 0 Å². The van der Waals surface area contributed by atoms with Crippen molar-refractivity contribution in [1.82, 2.24) is 4.90 Å².